The number of rotatable bonds is 6. The van der Waals surface area contributed by atoms with Crippen LogP contribution in [0.1, 0.15) is 37.0 Å². The minimum Gasteiger partial charge on any atom is -0.351 e. The lowest BCUT2D eigenvalue weighted by Gasteiger charge is -2.29. The van der Waals surface area contributed by atoms with Gasteiger partial charge in [-0.05, 0) is 18.9 Å². The molecule has 0 unspecified atom stereocenters. The number of nitrogens with zero attached hydrogens (tertiary/aromatic N) is 1. The van der Waals surface area contributed by atoms with Crippen LogP contribution in [-0.4, -0.2) is 23.3 Å². The highest BCUT2D eigenvalue weighted by Gasteiger charge is 2.26. The third kappa shape index (κ3) is 3.59. The van der Waals surface area contributed by atoms with Crippen LogP contribution in [0.2, 0.25) is 5.02 Å². The minimum atomic E-state index is -0.182. The van der Waals surface area contributed by atoms with Gasteiger partial charge in [0.1, 0.15) is 0 Å². The van der Waals surface area contributed by atoms with Crippen molar-refractivity contribution in [1.29, 1.82) is 0 Å². The third-order valence-electron chi connectivity index (χ3n) is 3.42. The van der Waals surface area contributed by atoms with Gasteiger partial charge < -0.3 is 5.32 Å². The molecule has 1 amide bonds. The normalized spacial score (nSPS) is 11.3. The highest BCUT2D eigenvalue weighted by Crippen LogP contribution is 2.27. The molecule has 1 N–H and O–H groups in total. The minimum absolute atomic E-state index is 0.0449. The summed E-state index contributed by atoms with van der Waals surface area (Å²) in [5.41, 5.74) is 0.402. The molecule has 0 radical (unpaired) electrons. The largest absolute Gasteiger partial charge is 0.351 e. The van der Waals surface area contributed by atoms with E-state index in [4.69, 9.17) is 23.2 Å². The summed E-state index contributed by atoms with van der Waals surface area (Å²) in [4.78, 5) is 15.8. The van der Waals surface area contributed by atoms with Crippen molar-refractivity contribution in [3.8, 4) is 0 Å². The molecule has 0 aliphatic rings. The molecule has 1 heterocycles. The van der Waals surface area contributed by atoms with Crippen LogP contribution in [0.25, 0.3) is 0 Å². The van der Waals surface area contributed by atoms with E-state index in [9.17, 15) is 4.79 Å². The third-order valence-corrected chi connectivity index (χ3v) is 4.29. The van der Waals surface area contributed by atoms with E-state index in [0.717, 1.165) is 12.8 Å². The molecule has 3 nitrogen and oxygen atoms in total. The molecule has 0 bridgehead atoms. The van der Waals surface area contributed by atoms with Gasteiger partial charge in [0.15, 0.2) is 0 Å². The first kappa shape index (κ1) is 15.3. The lowest BCUT2D eigenvalue weighted by molar-refractivity contribution is 0.0932. The smallest absolute Gasteiger partial charge is 0.252 e. The molecule has 100 valence electrons. The highest BCUT2D eigenvalue weighted by atomic mass is 35.5. The van der Waals surface area contributed by atoms with E-state index in [0.29, 0.717) is 23.0 Å². The molecule has 0 saturated carbocycles. The molecular formula is C13H18Cl2N2O. The van der Waals surface area contributed by atoms with Crippen LogP contribution in [0.3, 0.4) is 0 Å². The van der Waals surface area contributed by atoms with Gasteiger partial charge in [-0.1, -0.05) is 25.4 Å². The molecule has 0 atom stereocenters. The van der Waals surface area contributed by atoms with E-state index in [2.05, 4.69) is 24.1 Å². The molecule has 18 heavy (non-hydrogen) atoms. The SMILES string of the molecule is CCC(CC)(CCl)CNC(=O)c1ccncc1Cl. The molecular weight excluding hydrogens is 271 g/mol. The topological polar surface area (TPSA) is 42.0 Å². The fraction of sp³-hybridized carbons (Fsp3) is 0.538. The average molecular weight is 289 g/mol. The lowest BCUT2D eigenvalue weighted by Crippen LogP contribution is -2.38. The van der Waals surface area contributed by atoms with Gasteiger partial charge >= 0.3 is 0 Å². The Kier molecular flexibility index (Phi) is 5.89. The number of carbonyl (C=O) groups is 1. The molecule has 1 rings (SSSR count). The summed E-state index contributed by atoms with van der Waals surface area (Å²) in [5.74, 6) is 0.350. The van der Waals surface area contributed by atoms with Crippen LogP contribution in [0.4, 0.5) is 0 Å². The van der Waals surface area contributed by atoms with E-state index in [-0.39, 0.29) is 11.3 Å². The van der Waals surface area contributed by atoms with E-state index >= 15 is 0 Å². The molecule has 0 spiro atoms. The maximum atomic E-state index is 12.0. The van der Waals surface area contributed by atoms with Crippen LogP contribution in [0.15, 0.2) is 18.5 Å². The number of halogens is 2. The van der Waals surface area contributed by atoms with Gasteiger partial charge in [0, 0.05) is 30.2 Å². The zero-order chi connectivity index (χ0) is 13.6. The predicted molar refractivity (Wildman–Crippen MR) is 75.3 cm³/mol. The zero-order valence-corrected chi connectivity index (χ0v) is 12.2. The van der Waals surface area contributed by atoms with E-state index in [1.807, 2.05) is 0 Å². The van der Waals surface area contributed by atoms with Crippen molar-refractivity contribution >= 4 is 29.1 Å². The fourth-order valence-corrected chi connectivity index (χ4v) is 2.34. The molecule has 0 aliphatic carbocycles. The van der Waals surface area contributed by atoms with Gasteiger partial charge in [0.2, 0.25) is 0 Å². The maximum absolute atomic E-state index is 12.0. The van der Waals surface area contributed by atoms with Gasteiger partial charge in [0.25, 0.3) is 5.91 Å². The monoisotopic (exact) mass is 288 g/mol. The second-order valence-electron chi connectivity index (χ2n) is 4.38. The Balaban J connectivity index is 2.69. The second kappa shape index (κ2) is 6.95. The number of alkyl halides is 1. The van der Waals surface area contributed by atoms with Crippen molar-refractivity contribution < 1.29 is 4.79 Å². The molecule has 5 heteroatoms. The number of aromatic nitrogens is 1. The second-order valence-corrected chi connectivity index (χ2v) is 5.05. The van der Waals surface area contributed by atoms with Gasteiger partial charge in [-0.25, -0.2) is 0 Å². The fourth-order valence-electron chi connectivity index (χ4n) is 1.66. The van der Waals surface area contributed by atoms with Gasteiger partial charge in [-0.15, -0.1) is 11.6 Å². The van der Waals surface area contributed by atoms with Crippen molar-refractivity contribution in [1.82, 2.24) is 10.3 Å². The Hall–Kier alpha value is -0.800. The van der Waals surface area contributed by atoms with Crippen LogP contribution in [0.5, 0.6) is 0 Å². The molecule has 1 aromatic rings. The Morgan fingerprint density at radius 2 is 2.11 bits per heavy atom. The summed E-state index contributed by atoms with van der Waals surface area (Å²) in [6.45, 7) is 4.72. The van der Waals surface area contributed by atoms with Crippen molar-refractivity contribution in [2.24, 2.45) is 5.41 Å². The van der Waals surface area contributed by atoms with E-state index in [1.165, 1.54) is 6.20 Å². The van der Waals surface area contributed by atoms with Gasteiger partial charge in [0.05, 0.1) is 10.6 Å². The summed E-state index contributed by atoms with van der Waals surface area (Å²) in [5, 5.41) is 3.26. The Morgan fingerprint density at radius 1 is 1.44 bits per heavy atom. The molecule has 1 aromatic heterocycles. The van der Waals surface area contributed by atoms with Crippen molar-refractivity contribution in [2.45, 2.75) is 26.7 Å². The summed E-state index contributed by atoms with van der Waals surface area (Å²) < 4.78 is 0. The molecule has 0 aromatic carbocycles. The number of pyridine rings is 1. The van der Waals surface area contributed by atoms with E-state index < -0.39 is 0 Å². The first-order chi connectivity index (χ1) is 8.58. The lowest BCUT2D eigenvalue weighted by atomic mass is 9.84. The number of hydrogen-bond acceptors (Lipinski definition) is 2. The molecule has 0 saturated heterocycles. The van der Waals surface area contributed by atoms with Crippen LogP contribution < -0.4 is 5.32 Å². The summed E-state index contributed by atoms with van der Waals surface area (Å²) in [7, 11) is 0. The Labute approximate surface area is 118 Å². The maximum Gasteiger partial charge on any atom is 0.252 e. The van der Waals surface area contributed by atoms with Crippen LogP contribution in [0, 0.1) is 5.41 Å². The summed E-state index contributed by atoms with van der Waals surface area (Å²) >= 11 is 11.9. The number of amides is 1. The highest BCUT2D eigenvalue weighted by molar-refractivity contribution is 6.33. The van der Waals surface area contributed by atoms with Gasteiger partial charge in [-0.3, -0.25) is 9.78 Å². The quantitative estimate of drug-likeness (QED) is 0.814. The summed E-state index contributed by atoms with van der Waals surface area (Å²) in [6.07, 6.45) is 4.87. The molecule has 0 aliphatic heterocycles. The Bertz CT molecular complexity index is 397. The number of nitrogens with one attached hydrogen (secondary N) is 1. The van der Waals surface area contributed by atoms with Crippen LogP contribution in [-0.2, 0) is 0 Å². The average Bonchev–Trinajstić information content (AvgIpc) is 2.41. The van der Waals surface area contributed by atoms with Gasteiger partial charge in [-0.2, -0.15) is 0 Å². The number of carbonyl (C=O) groups excluding carboxylic acids is 1. The standard InChI is InChI=1S/C13H18Cl2N2O/c1-3-13(4-2,8-14)9-17-12(18)10-5-6-16-7-11(10)15/h5-7H,3-4,8-9H2,1-2H3,(H,17,18). The van der Waals surface area contributed by atoms with Crippen molar-refractivity contribution in [2.75, 3.05) is 12.4 Å². The van der Waals surface area contributed by atoms with Crippen LogP contribution >= 0.6 is 23.2 Å². The molecule has 0 fully saturated rings. The predicted octanol–water partition coefficient (Wildman–Crippen LogP) is 3.51. The first-order valence-corrected chi connectivity index (χ1v) is 6.93. The van der Waals surface area contributed by atoms with E-state index in [1.54, 1.807) is 12.3 Å². The summed E-state index contributed by atoms with van der Waals surface area (Å²) in [6, 6.07) is 1.61. The Morgan fingerprint density at radius 3 is 2.61 bits per heavy atom. The van der Waals surface area contributed by atoms with Crippen molar-refractivity contribution in [3.63, 3.8) is 0 Å². The van der Waals surface area contributed by atoms with Crippen molar-refractivity contribution in [3.05, 3.63) is 29.0 Å². The number of hydrogen-bond donors (Lipinski definition) is 1. The zero-order valence-electron chi connectivity index (χ0n) is 10.7. The first-order valence-electron chi connectivity index (χ1n) is 6.02.